The lowest BCUT2D eigenvalue weighted by molar-refractivity contribution is 0.333. The fourth-order valence-electron chi connectivity index (χ4n) is 2.13. The average molecular weight is 230 g/mol. The molecule has 1 N–H and O–H groups in total. The molecule has 0 spiro atoms. The van der Waals surface area contributed by atoms with Crippen LogP contribution in [0, 0.1) is 5.92 Å². The van der Waals surface area contributed by atoms with E-state index in [9.17, 15) is 0 Å². The van der Waals surface area contributed by atoms with Gasteiger partial charge in [-0.15, -0.1) is 0 Å². The van der Waals surface area contributed by atoms with Gasteiger partial charge in [-0.25, -0.2) is 0 Å². The second kappa shape index (κ2) is 5.69. The number of hydrogen-bond donors (Lipinski definition) is 1. The second-order valence-corrected chi connectivity index (χ2v) is 4.35. The molecule has 0 radical (unpaired) electrons. The number of allylic oxidation sites excluding steroid dienone is 2. The molecule has 0 fully saturated rings. The van der Waals surface area contributed by atoms with Crippen LogP contribution in [-0.2, 0) is 6.42 Å². The highest BCUT2D eigenvalue weighted by molar-refractivity contribution is 5.30. The van der Waals surface area contributed by atoms with E-state index in [0.717, 1.165) is 24.2 Å². The van der Waals surface area contributed by atoms with Crippen molar-refractivity contribution in [2.24, 2.45) is 5.92 Å². The predicted molar refractivity (Wildman–Crippen MR) is 69.1 cm³/mol. The maximum atomic E-state index is 9.11. The van der Waals surface area contributed by atoms with Gasteiger partial charge in [0.05, 0.1) is 13.7 Å². The van der Waals surface area contributed by atoms with E-state index in [1.54, 1.807) is 7.11 Å². The van der Waals surface area contributed by atoms with E-state index in [1.165, 1.54) is 5.56 Å². The van der Waals surface area contributed by atoms with Gasteiger partial charge >= 0.3 is 0 Å². The minimum absolute atomic E-state index is 0.135. The highest BCUT2D eigenvalue weighted by Gasteiger charge is 2.09. The van der Waals surface area contributed by atoms with Gasteiger partial charge in [-0.3, -0.25) is 0 Å². The molecule has 17 heavy (non-hydrogen) atoms. The zero-order chi connectivity index (χ0) is 12.1. The molecule has 0 aromatic heterocycles. The fraction of sp³-hybridized carbons (Fsp3) is 0.333. The van der Waals surface area contributed by atoms with Crippen molar-refractivity contribution in [3.63, 3.8) is 0 Å². The molecule has 0 saturated carbocycles. The quantitative estimate of drug-likeness (QED) is 0.861. The molecule has 2 rings (SSSR count). The lowest BCUT2D eigenvalue weighted by Crippen LogP contribution is -2.06. The van der Waals surface area contributed by atoms with Crippen LogP contribution < -0.4 is 4.74 Å². The Balaban J connectivity index is 2.01. The maximum Gasteiger partial charge on any atom is 0.118 e. The lowest BCUT2D eigenvalue weighted by atomic mass is 9.90. The third-order valence-corrected chi connectivity index (χ3v) is 3.06. The molecule has 1 unspecified atom stereocenters. The molecule has 0 amide bonds. The topological polar surface area (TPSA) is 29.5 Å². The number of aliphatic hydroxyl groups is 1. The number of rotatable bonds is 4. The minimum Gasteiger partial charge on any atom is -0.497 e. The predicted octanol–water partition coefficient (Wildman–Crippen LogP) is 2.73. The van der Waals surface area contributed by atoms with Crippen LogP contribution >= 0.6 is 0 Å². The molecule has 1 aliphatic carbocycles. The van der Waals surface area contributed by atoms with E-state index in [-0.39, 0.29) is 6.61 Å². The Morgan fingerprint density at radius 2 is 2.06 bits per heavy atom. The molecular formula is C15H18O2. The highest BCUT2D eigenvalue weighted by atomic mass is 16.5. The van der Waals surface area contributed by atoms with Crippen LogP contribution in [0.25, 0.3) is 0 Å². The second-order valence-electron chi connectivity index (χ2n) is 4.35. The first-order valence-corrected chi connectivity index (χ1v) is 5.93. The van der Waals surface area contributed by atoms with Crippen molar-refractivity contribution >= 4 is 0 Å². The van der Waals surface area contributed by atoms with E-state index in [4.69, 9.17) is 9.84 Å². The standard InChI is InChI=1S/C15H18O2/c1-17-15-7-5-12(6-8-15)9-13-3-2-4-14(10-13)11-16/h2,4-8,10,13,16H,3,9,11H2,1H3. The van der Waals surface area contributed by atoms with Gasteiger partial charge in [0, 0.05) is 0 Å². The van der Waals surface area contributed by atoms with Crippen LogP contribution in [0.5, 0.6) is 5.75 Å². The van der Waals surface area contributed by atoms with Crippen LogP contribution in [0.4, 0.5) is 0 Å². The largest absolute Gasteiger partial charge is 0.497 e. The Bertz CT molecular complexity index is 415. The van der Waals surface area contributed by atoms with Gasteiger partial charge < -0.3 is 9.84 Å². The summed E-state index contributed by atoms with van der Waals surface area (Å²) in [6.07, 6.45) is 8.38. The minimum atomic E-state index is 0.135. The van der Waals surface area contributed by atoms with Crippen LogP contribution in [0.1, 0.15) is 12.0 Å². The summed E-state index contributed by atoms with van der Waals surface area (Å²) in [7, 11) is 1.68. The number of ether oxygens (including phenoxy) is 1. The first-order chi connectivity index (χ1) is 8.31. The third kappa shape index (κ3) is 3.21. The number of benzene rings is 1. The number of aliphatic hydroxyl groups excluding tert-OH is 1. The van der Waals surface area contributed by atoms with Gasteiger partial charge in [0.1, 0.15) is 5.75 Å². The highest BCUT2D eigenvalue weighted by Crippen LogP contribution is 2.22. The van der Waals surface area contributed by atoms with Crippen molar-refractivity contribution in [3.05, 3.63) is 53.6 Å². The average Bonchev–Trinajstić information content (AvgIpc) is 2.40. The maximum absolute atomic E-state index is 9.11. The summed E-state index contributed by atoms with van der Waals surface area (Å²) in [4.78, 5) is 0. The Labute approximate surface area is 102 Å². The summed E-state index contributed by atoms with van der Waals surface area (Å²) >= 11 is 0. The molecule has 0 aliphatic heterocycles. The van der Waals surface area contributed by atoms with E-state index >= 15 is 0 Å². The Morgan fingerprint density at radius 3 is 2.71 bits per heavy atom. The SMILES string of the molecule is COc1ccc(CC2C=C(CO)C=CC2)cc1. The van der Waals surface area contributed by atoms with Crippen molar-refractivity contribution in [3.8, 4) is 5.75 Å². The van der Waals surface area contributed by atoms with Gasteiger partial charge in [0.2, 0.25) is 0 Å². The fourth-order valence-corrected chi connectivity index (χ4v) is 2.13. The van der Waals surface area contributed by atoms with Gasteiger partial charge in [-0.1, -0.05) is 30.4 Å². The lowest BCUT2D eigenvalue weighted by Gasteiger charge is -2.16. The summed E-state index contributed by atoms with van der Waals surface area (Å²) in [5.74, 6) is 1.39. The van der Waals surface area contributed by atoms with E-state index < -0.39 is 0 Å². The monoisotopic (exact) mass is 230 g/mol. The van der Waals surface area contributed by atoms with Crippen LogP contribution in [0.2, 0.25) is 0 Å². The molecule has 0 saturated heterocycles. The molecule has 90 valence electrons. The van der Waals surface area contributed by atoms with Gasteiger partial charge in [-0.05, 0) is 42.0 Å². The number of hydrogen-bond acceptors (Lipinski definition) is 2. The summed E-state index contributed by atoms with van der Waals surface area (Å²) in [5.41, 5.74) is 2.33. The van der Waals surface area contributed by atoms with Crippen LogP contribution in [-0.4, -0.2) is 18.8 Å². The zero-order valence-corrected chi connectivity index (χ0v) is 10.1. The molecule has 2 heteroatoms. The Hall–Kier alpha value is -1.54. The Kier molecular flexibility index (Phi) is 3.99. The van der Waals surface area contributed by atoms with Crippen molar-refractivity contribution in [2.75, 3.05) is 13.7 Å². The normalized spacial score (nSPS) is 18.9. The zero-order valence-electron chi connectivity index (χ0n) is 10.1. The summed E-state index contributed by atoms with van der Waals surface area (Å²) in [6.45, 7) is 0.135. The van der Waals surface area contributed by atoms with Gasteiger partial charge in [0.25, 0.3) is 0 Å². The van der Waals surface area contributed by atoms with E-state index in [0.29, 0.717) is 5.92 Å². The molecule has 2 nitrogen and oxygen atoms in total. The molecule has 1 aromatic carbocycles. The van der Waals surface area contributed by atoms with E-state index in [1.807, 2.05) is 18.2 Å². The van der Waals surface area contributed by atoms with Crippen LogP contribution in [0.3, 0.4) is 0 Å². The van der Waals surface area contributed by atoms with Gasteiger partial charge in [-0.2, -0.15) is 0 Å². The molecule has 1 aromatic rings. The van der Waals surface area contributed by atoms with Crippen molar-refractivity contribution < 1.29 is 9.84 Å². The summed E-state index contributed by atoms with van der Waals surface area (Å²) in [6, 6.07) is 8.18. The summed E-state index contributed by atoms with van der Waals surface area (Å²) in [5, 5.41) is 9.11. The van der Waals surface area contributed by atoms with Crippen molar-refractivity contribution in [1.82, 2.24) is 0 Å². The van der Waals surface area contributed by atoms with Gasteiger partial charge in [0.15, 0.2) is 0 Å². The van der Waals surface area contributed by atoms with E-state index in [2.05, 4.69) is 24.3 Å². The van der Waals surface area contributed by atoms with Crippen molar-refractivity contribution in [2.45, 2.75) is 12.8 Å². The molecule has 0 bridgehead atoms. The molecular weight excluding hydrogens is 212 g/mol. The first kappa shape index (κ1) is 11.9. The number of methoxy groups -OCH3 is 1. The Morgan fingerprint density at radius 1 is 1.29 bits per heavy atom. The third-order valence-electron chi connectivity index (χ3n) is 3.06. The van der Waals surface area contributed by atoms with Crippen molar-refractivity contribution in [1.29, 1.82) is 0 Å². The summed E-state index contributed by atoms with van der Waals surface area (Å²) < 4.78 is 5.14. The smallest absolute Gasteiger partial charge is 0.118 e. The molecule has 0 heterocycles. The molecule has 1 aliphatic rings. The first-order valence-electron chi connectivity index (χ1n) is 5.93. The van der Waals surface area contributed by atoms with Crippen LogP contribution in [0.15, 0.2) is 48.1 Å². The molecule has 1 atom stereocenters.